The second-order valence-electron chi connectivity index (χ2n) is 23.3. The third-order valence-electron chi connectivity index (χ3n) is 15.3. The number of imidazole rings is 3. The van der Waals surface area contributed by atoms with E-state index in [0.29, 0.717) is 22.6 Å². The molecule has 0 aliphatic carbocycles. The number of halogens is 1. The van der Waals surface area contributed by atoms with Crippen LogP contribution in [0.4, 0.5) is 27.0 Å². The Morgan fingerprint density at radius 3 is 1.26 bits per heavy atom. The Balaban J connectivity index is 0.000000188. The molecule has 0 amide bonds. The van der Waals surface area contributed by atoms with Crippen molar-refractivity contribution < 1.29 is 88.0 Å². The number of nitrogens with zero attached hydrogens (tertiary/aromatic N) is 9. The van der Waals surface area contributed by atoms with Gasteiger partial charge in [-0.1, -0.05) is 102 Å². The maximum atomic E-state index is 13.6. The summed E-state index contributed by atoms with van der Waals surface area (Å²) in [6.07, 6.45) is 2.05. The molecule has 0 spiro atoms. The molecule has 6 heterocycles. The number of fused-ring (bicyclic) bond motifs is 3. The van der Waals surface area contributed by atoms with Gasteiger partial charge in [-0.25, -0.2) is 24.1 Å². The zero-order chi connectivity index (χ0) is 77.4. The molecule has 3 atom stereocenters. The number of ketones is 2. The molecule has 108 heavy (non-hydrogen) atoms. The van der Waals surface area contributed by atoms with Crippen molar-refractivity contribution in [3.8, 4) is 5.75 Å². The summed E-state index contributed by atoms with van der Waals surface area (Å²) in [6.45, 7) is 4.99. The van der Waals surface area contributed by atoms with Crippen molar-refractivity contribution in [2.75, 3.05) is 90.3 Å². The van der Waals surface area contributed by atoms with Gasteiger partial charge in [0.1, 0.15) is 43.8 Å². The third-order valence-corrected chi connectivity index (χ3v) is 19.9. The summed E-state index contributed by atoms with van der Waals surface area (Å²) in [7, 11) is -8.88. The SMILES string of the molecule is COC(=O)OCOP(=O)(COCCn1cnc2c(=O)[nH]c(N)nc21)OCc1ccccc1.COc1cc(C(=O)COP(=O)(COCCn2cnc3c(=O)[nH]c(N)nc32)OCc2ccc(C)cc2)ccc1C.Cc1ccc(COP(=O)(COCCn2cnc3c(=O)[nH]c(N)nc32)OCC(=O)c2ccc(F)cc2)cc1. The van der Waals surface area contributed by atoms with E-state index in [0.717, 1.165) is 52.6 Å². The number of nitrogens with one attached hydrogen (secondary N) is 3. The van der Waals surface area contributed by atoms with Crippen LogP contribution in [-0.4, -0.2) is 149 Å². The summed E-state index contributed by atoms with van der Waals surface area (Å²) in [5.74, 6) is -0.909. The van der Waals surface area contributed by atoms with Gasteiger partial charge in [0.25, 0.3) is 16.7 Å². The molecule has 572 valence electrons. The maximum absolute atomic E-state index is 13.6. The molecule has 5 aromatic carbocycles. The zero-order valence-electron chi connectivity index (χ0n) is 58.9. The minimum atomic E-state index is -3.88. The van der Waals surface area contributed by atoms with Crippen LogP contribution in [0.2, 0.25) is 0 Å². The van der Waals surface area contributed by atoms with Crippen LogP contribution >= 0.6 is 22.8 Å². The van der Waals surface area contributed by atoms with E-state index >= 15 is 0 Å². The largest absolute Gasteiger partial charge is 0.510 e. The van der Waals surface area contributed by atoms with Gasteiger partial charge in [0.2, 0.25) is 24.6 Å². The highest BCUT2D eigenvalue weighted by molar-refractivity contribution is 7.54. The number of benzene rings is 5. The van der Waals surface area contributed by atoms with Crippen molar-refractivity contribution in [2.24, 2.45) is 0 Å². The molecule has 0 bridgehead atoms. The highest BCUT2D eigenvalue weighted by Crippen LogP contribution is 2.51. The zero-order valence-corrected chi connectivity index (χ0v) is 61.6. The quantitative estimate of drug-likeness (QED) is 0.00701. The molecule has 3 unspecified atom stereocenters. The predicted molar refractivity (Wildman–Crippen MR) is 390 cm³/mol. The van der Waals surface area contributed by atoms with Gasteiger partial charge in [-0.3, -0.25) is 66.2 Å². The first-order valence-electron chi connectivity index (χ1n) is 32.6. The van der Waals surface area contributed by atoms with E-state index in [9.17, 15) is 46.9 Å². The number of aryl methyl sites for hydroxylation is 3. The fourth-order valence-corrected chi connectivity index (χ4v) is 13.1. The van der Waals surface area contributed by atoms with E-state index < -0.39 is 96.3 Å². The molecular weight excluding hydrogens is 1470 g/mol. The molecule has 40 heteroatoms. The predicted octanol–water partition coefficient (Wildman–Crippen LogP) is 8.89. The maximum Gasteiger partial charge on any atom is 0.510 e. The van der Waals surface area contributed by atoms with Gasteiger partial charge >= 0.3 is 28.9 Å². The van der Waals surface area contributed by atoms with Crippen LogP contribution in [0.3, 0.4) is 0 Å². The molecule has 0 aliphatic heterocycles. The molecule has 0 fully saturated rings. The Hall–Kier alpha value is -10.8. The Kier molecular flexibility index (Phi) is 29.1. The smallest absolute Gasteiger partial charge is 0.496 e. The number of aromatic amines is 3. The van der Waals surface area contributed by atoms with E-state index in [2.05, 4.69) is 54.3 Å². The van der Waals surface area contributed by atoms with Crippen LogP contribution in [0.5, 0.6) is 5.75 Å². The molecular formula is C68H77FN15O21P3. The van der Waals surface area contributed by atoms with Crippen LogP contribution in [-0.2, 0) is 104 Å². The number of anilines is 3. The van der Waals surface area contributed by atoms with Crippen molar-refractivity contribution in [2.45, 2.75) is 60.2 Å². The number of hydrogen-bond donors (Lipinski definition) is 6. The second-order valence-corrected chi connectivity index (χ2v) is 29.3. The number of carbonyl (C=O) groups is 3. The van der Waals surface area contributed by atoms with Gasteiger partial charge in [-0.2, -0.15) is 15.0 Å². The highest BCUT2D eigenvalue weighted by atomic mass is 31.2. The van der Waals surface area contributed by atoms with Crippen molar-refractivity contribution in [3.63, 3.8) is 0 Å². The van der Waals surface area contributed by atoms with E-state index in [1.165, 1.54) is 38.2 Å². The molecule has 11 rings (SSSR count). The van der Waals surface area contributed by atoms with E-state index in [4.69, 9.17) is 63.3 Å². The van der Waals surface area contributed by atoms with Crippen molar-refractivity contribution in [3.05, 3.63) is 222 Å². The molecule has 0 aliphatic rings. The summed E-state index contributed by atoms with van der Waals surface area (Å²) in [4.78, 5) is 104. The lowest BCUT2D eigenvalue weighted by Gasteiger charge is -2.19. The molecule has 9 N–H and O–H groups in total. The van der Waals surface area contributed by atoms with E-state index in [1.807, 2.05) is 87.5 Å². The fraction of sp³-hybridized carbons (Fsp3) is 0.294. The van der Waals surface area contributed by atoms with E-state index in [-0.39, 0.29) is 111 Å². The summed E-state index contributed by atoms with van der Waals surface area (Å²) in [6, 6.07) is 34.0. The normalized spacial score (nSPS) is 13.0. The Labute approximate surface area is 613 Å². The summed E-state index contributed by atoms with van der Waals surface area (Å²) in [5.41, 5.74) is 22.6. The molecule has 11 aromatic rings. The topological polar surface area (TPSA) is 482 Å². The lowest BCUT2D eigenvalue weighted by atomic mass is 10.1. The van der Waals surface area contributed by atoms with Crippen LogP contribution in [0, 0.1) is 26.6 Å². The number of rotatable bonds is 36. The van der Waals surface area contributed by atoms with Gasteiger partial charge < -0.3 is 72.9 Å². The number of hydrogen-bond acceptors (Lipinski definition) is 30. The highest BCUT2D eigenvalue weighted by Gasteiger charge is 2.30. The average Bonchev–Trinajstić information content (AvgIpc) is 1.66. The molecule has 0 saturated heterocycles. The first-order valence-corrected chi connectivity index (χ1v) is 37.8. The van der Waals surface area contributed by atoms with E-state index in [1.54, 1.807) is 44.0 Å². The number of Topliss-reactive ketones (excluding diaryl/α,β-unsaturated/α-hetero) is 2. The minimum absolute atomic E-state index is 0.00215. The number of aromatic nitrogens is 12. The number of nitrogen functional groups attached to an aromatic ring is 3. The average molecular weight is 1550 g/mol. The Morgan fingerprint density at radius 2 is 0.861 bits per heavy atom. The lowest BCUT2D eigenvalue weighted by molar-refractivity contribution is 0.00263. The number of nitrogens with two attached hydrogens (primary N) is 3. The first-order chi connectivity index (χ1) is 51.8. The monoisotopic (exact) mass is 1550 g/mol. The van der Waals surface area contributed by atoms with Crippen LogP contribution in [0.1, 0.15) is 54.1 Å². The van der Waals surface area contributed by atoms with Gasteiger partial charge in [0.05, 0.1) is 72.8 Å². The first kappa shape index (κ1) is 81.3. The third kappa shape index (κ3) is 23.9. The molecule has 36 nitrogen and oxygen atoms in total. The number of methoxy groups -OCH3 is 2. The second kappa shape index (κ2) is 38.7. The molecule has 0 saturated carbocycles. The Bertz CT molecular complexity index is 5220. The molecule has 6 aromatic heterocycles. The van der Waals surface area contributed by atoms with Crippen LogP contribution in [0.15, 0.2) is 155 Å². The van der Waals surface area contributed by atoms with Crippen LogP contribution < -0.4 is 38.6 Å². The lowest BCUT2D eigenvalue weighted by Crippen LogP contribution is -2.14. The summed E-state index contributed by atoms with van der Waals surface area (Å²) < 4.78 is 122. The van der Waals surface area contributed by atoms with Crippen molar-refractivity contribution in [1.82, 2.24) is 58.6 Å². The van der Waals surface area contributed by atoms with Crippen molar-refractivity contribution >= 4 is 91.8 Å². The number of ether oxygens (including phenoxy) is 6. The number of carbonyl (C=O) groups excluding carboxylic acids is 3. The Morgan fingerprint density at radius 1 is 0.481 bits per heavy atom. The van der Waals surface area contributed by atoms with Gasteiger partial charge in [0.15, 0.2) is 45.1 Å². The number of H-pyrrole nitrogens is 3. The van der Waals surface area contributed by atoms with Gasteiger partial charge in [-0.15, -0.1) is 0 Å². The van der Waals surface area contributed by atoms with Gasteiger partial charge in [0, 0.05) is 30.8 Å². The summed E-state index contributed by atoms with van der Waals surface area (Å²) in [5, 5.41) is 0. The van der Waals surface area contributed by atoms with Crippen LogP contribution in [0.25, 0.3) is 33.5 Å². The minimum Gasteiger partial charge on any atom is -0.496 e. The standard InChI is InChI=1S/C26H30N5O7P.C24H25FN5O6P.C18H22N5O8P/c1-17-4-7-19(8-5-17)13-37-39(34,38-14-21(32)20-9-6-18(2)22(12-20)35-3)16-36-11-10-31-15-28-23-24(31)29-26(27)30-25(23)33;1-16-2-4-17(5-3-16)12-35-37(33,36-13-20(31)18-6-8-19(25)9-7-18)15-34-11-10-30-14-27-21-22(30)28-24(26)29-23(21)32;1-27-18(25)29-11-31-32(26,30-9-13-5-3-2-4-6-13)12-28-8-7-23-10-20-14-15(23)21-17(19)22-16(14)24/h4-9,12,15H,10-11,13-14,16H2,1-3H3,(H3,27,29,30,33);2-9,14H,10-13,15H2,1H3,(H3,26,28,29,32);2-6,10H,7-9,11-12H2,1H3,(H3,19,21,22,24). The van der Waals surface area contributed by atoms with Crippen molar-refractivity contribution in [1.29, 1.82) is 0 Å². The summed E-state index contributed by atoms with van der Waals surface area (Å²) >= 11 is 0. The molecule has 0 radical (unpaired) electrons. The van der Waals surface area contributed by atoms with Gasteiger partial charge in [-0.05, 0) is 73.4 Å². The fourth-order valence-electron chi connectivity index (χ4n) is 9.54.